The van der Waals surface area contributed by atoms with Crippen molar-refractivity contribution in [3.8, 4) is 0 Å². The van der Waals surface area contributed by atoms with Gasteiger partial charge in [-0.2, -0.15) is 0 Å². The predicted octanol–water partition coefficient (Wildman–Crippen LogP) is 2.82. The molecule has 1 saturated heterocycles. The number of non-ortho nitro benzene ring substituents is 1. The number of carbonyl (C=O) groups is 1. The first kappa shape index (κ1) is 16.9. The number of amides is 1. The van der Waals surface area contributed by atoms with Crippen LogP contribution >= 0.6 is 0 Å². The van der Waals surface area contributed by atoms with Crippen molar-refractivity contribution in [3.05, 3.63) is 39.4 Å². The number of hydrogen-bond donors (Lipinski definition) is 1. The van der Waals surface area contributed by atoms with Crippen LogP contribution in [0.5, 0.6) is 0 Å². The van der Waals surface area contributed by atoms with E-state index in [4.69, 9.17) is 0 Å². The highest BCUT2D eigenvalue weighted by Gasteiger charge is 2.25. The lowest BCUT2D eigenvalue weighted by Gasteiger charge is -2.33. The van der Waals surface area contributed by atoms with Gasteiger partial charge >= 0.3 is 0 Å². The molecule has 1 atom stereocenters. The van der Waals surface area contributed by atoms with Gasteiger partial charge in [0.15, 0.2) is 0 Å². The van der Waals surface area contributed by atoms with Crippen molar-refractivity contribution in [2.75, 3.05) is 19.6 Å². The number of likely N-dealkylation sites (tertiary alicyclic amines) is 1. The highest BCUT2D eigenvalue weighted by atomic mass is 16.6. The number of rotatable bonds is 4. The van der Waals surface area contributed by atoms with Gasteiger partial charge in [-0.05, 0) is 55.7 Å². The lowest BCUT2D eigenvalue weighted by Crippen LogP contribution is -2.40. The molecule has 0 saturated carbocycles. The lowest BCUT2D eigenvalue weighted by molar-refractivity contribution is -0.385. The van der Waals surface area contributed by atoms with Crippen molar-refractivity contribution in [1.82, 2.24) is 10.2 Å². The summed E-state index contributed by atoms with van der Waals surface area (Å²) in [5.41, 5.74) is 2.50. The van der Waals surface area contributed by atoms with Crippen molar-refractivity contribution in [2.45, 2.75) is 45.1 Å². The van der Waals surface area contributed by atoms with Crippen molar-refractivity contribution in [3.63, 3.8) is 0 Å². The summed E-state index contributed by atoms with van der Waals surface area (Å²) in [5.74, 6) is 0.736. The van der Waals surface area contributed by atoms with E-state index in [1.165, 1.54) is 5.56 Å². The summed E-state index contributed by atoms with van der Waals surface area (Å²) in [6, 6.07) is 5.47. The third-order valence-corrected chi connectivity index (χ3v) is 5.37. The Balaban J connectivity index is 1.60. The first-order chi connectivity index (χ1) is 11.5. The number of fused-ring (bicyclic) bond motifs is 1. The second-order valence-electron chi connectivity index (χ2n) is 6.94. The van der Waals surface area contributed by atoms with Crippen molar-refractivity contribution in [1.29, 1.82) is 0 Å². The van der Waals surface area contributed by atoms with E-state index >= 15 is 0 Å². The highest BCUT2D eigenvalue weighted by Crippen LogP contribution is 2.32. The van der Waals surface area contributed by atoms with E-state index in [1.807, 2.05) is 11.0 Å². The number of piperidine rings is 1. The maximum absolute atomic E-state index is 11.4. The minimum absolute atomic E-state index is 0.162. The van der Waals surface area contributed by atoms with E-state index in [0.29, 0.717) is 5.92 Å². The van der Waals surface area contributed by atoms with Crippen LogP contribution in [0.15, 0.2) is 18.2 Å². The SMILES string of the molecule is CC(=O)N1CCC(CNC2CCCc3ccc([N+](=O)[O-])cc32)CC1. The Hall–Kier alpha value is -1.95. The van der Waals surface area contributed by atoms with E-state index in [-0.39, 0.29) is 22.6 Å². The average molecular weight is 331 g/mol. The van der Waals surface area contributed by atoms with Crippen LogP contribution in [0.2, 0.25) is 0 Å². The largest absolute Gasteiger partial charge is 0.343 e. The molecule has 0 aromatic heterocycles. The molecule has 0 radical (unpaired) electrons. The maximum atomic E-state index is 11.4. The number of benzene rings is 1. The summed E-state index contributed by atoms with van der Waals surface area (Å²) in [6.45, 7) is 4.23. The first-order valence-electron chi connectivity index (χ1n) is 8.80. The summed E-state index contributed by atoms with van der Waals surface area (Å²) in [7, 11) is 0. The molecule has 0 spiro atoms. The quantitative estimate of drug-likeness (QED) is 0.680. The lowest BCUT2D eigenvalue weighted by atomic mass is 9.86. The second-order valence-corrected chi connectivity index (χ2v) is 6.94. The molecule has 6 nitrogen and oxygen atoms in total. The van der Waals surface area contributed by atoms with Crippen LogP contribution in [0.25, 0.3) is 0 Å². The van der Waals surface area contributed by atoms with Gasteiger partial charge in [0.05, 0.1) is 4.92 Å². The molecule has 3 rings (SSSR count). The maximum Gasteiger partial charge on any atom is 0.269 e. The number of aryl methyl sites for hydroxylation is 1. The molecule has 1 aliphatic heterocycles. The summed E-state index contributed by atoms with van der Waals surface area (Å²) in [4.78, 5) is 24.0. The zero-order chi connectivity index (χ0) is 17.1. The van der Waals surface area contributed by atoms with Crippen LogP contribution in [-0.4, -0.2) is 35.4 Å². The van der Waals surface area contributed by atoms with Crippen molar-refractivity contribution >= 4 is 11.6 Å². The van der Waals surface area contributed by atoms with Gasteiger partial charge in [0.1, 0.15) is 0 Å². The molecule has 1 aliphatic carbocycles. The smallest absolute Gasteiger partial charge is 0.269 e. The Kier molecular flexibility index (Phi) is 5.14. The monoisotopic (exact) mass is 331 g/mol. The Morgan fingerprint density at radius 1 is 1.33 bits per heavy atom. The zero-order valence-corrected chi connectivity index (χ0v) is 14.2. The molecule has 1 amide bonds. The van der Waals surface area contributed by atoms with E-state index in [0.717, 1.165) is 57.3 Å². The normalized spacial score (nSPS) is 21.4. The molecule has 6 heteroatoms. The van der Waals surface area contributed by atoms with E-state index in [1.54, 1.807) is 19.1 Å². The summed E-state index contributed by atoms with van der Waals surface area (Å²) in [6.07, 6.45) is 5.20. The standard InChI is InChI=1S/C18H25N3O3/c1-13(22)20-9-7-14(8-10-20)12-19-18-4-2-3-15-5-6-16(21(23)24)11-17(15)18/h5-6,11,14,18-19H,2-4,7-10,12H2,1H3. The van der Waals surface area contributed by atoms with Crippen LogP contribution in [0.1, 0.15) is 49.8 Å². The topological polar surface area (TPSA) is 75.5 Å². The number of carbonyl (C=O) groups excluding carboxylic acids is 1. The molecule has 1 fully saturated rings. The fraction of sp³-hybridized carbons (Fsp3) is 0.611. The average Bonchev–Trinajstić information content (AvgIpc) is 2.59. The predicted molar refractivity (Wildman–Crippen MR) is 91.8 cm³/mol. The fourth-order valence-corrected chi connectivity index (χ4v) is 3.87. The van der Waals surface area contributed by atoms with Crippen molar-refractivity contribution in [2.24, 2.45) is 5.92 Å². The molecule has 1 unspecified atom stereocenters. The van der Waals surface area contributed by atoms with Crippen LogP contribution in [0, 0.1) is 16.0 Å². The molecular formula is C18H25N3O3. The van der Waals surface area contributed by atoms with Gasteiger partial charge < -0.3 is 10.2 Å². The van der Waals surface area contributed by atoms with Gasteiger partial charge in [0.2, 0.25) is 5.91 Å². The number of hydrogen-bond acceptors (Lipinski definition) is 4. The van der Waals surface area contributed by atoms with Crippen LogP contribution in [-0.2, 0) is 11.2 Å². The van der Waals surface area contributed by atoms with E-state index < -0.39 is 0 Å². The highest BCUT2D eigenvalue weighted by molar-refractivity contribution is 5.73. The van der Waals surface area contributed by atoms with Gasteiger partial charge in [0, 0.05) is 38.2 Å². The molecule has 1 aromatic carbocycles. The van der Waals surface area contributed by atoms with Gasteiger partial charge in [-0.3, -0.25) is 14.9 Å². The van der Waals surface area contributed by atoms with Gasteiger partial charge in [-0.25, -0.2) is 0 Å². The van der Waals surface area contributed by atoms with Gasteiger partial charge in [-0.1, -0.05) is 6.07 Å². The Bertz CT molecular complexity index is 624. The molecule has 1 heterocycles. The number of nitrogens with one attached hydrogen (secondary N) is 1. The fourth-order valence-electron chi connectivity index (χ4n) is 3.87. The molecule has 24 heavy (non-hydrogen) atoms. The third kappa shape index (κ3) is 3.75. The second kappa shape index (κ2) is 7.30. The van der Waals surface area contributed by atoms with E-state index in [9.17, 15) is 14.9 Å². The molecule has 1 N–H and O–H groups in total. The van der Waals surface area contributed by atoms with Crippen LogP contribution in [0.4, 0.5) is 5.69 Å². The number of nitro benzene ring substituents is 1. The molecule has 130 valence electrons. The summed E-state index contributed by atoms with van der Waals surface area (Å²) in [5, 5.41) is 14.7. The van der Waals surface area contributed by atoms with Crippen LogP contribution < -0.4 is 5.32 Å². The molecule has 1 aromatic rings. The number of nitrogens with zero attached hydrogens (tertiary/aromatic N) is 2. The summed E-state index contributed by atoms with van der Waals surface area (Å²) >= 11 is 0. The molecule has 0 bridgehead atoms. The third-order valence-electron chi connectivity index (χ3n) is 5.37. The number of nitro groups is 1. The Morgan fingerprint density at radius 3 is 2.75 bits per heavy atom. The minimum Gasteiger partial charge on any atom is -0.343 e. The van der Waals surface area contributed by atoms with Crippen molar-refractivity contribution < 1.29 is 9.72 Å². The van der Waals surface area contributed by atoms with Gasteiger partial charge in [0.25, 0.3) is 5.69 Å². The summed E-state index contributed by atoms with van der Waals surface area (Å²) < 4.78 is 0. The molecular weight excluding hydrogens is 306 g/mol. The zero-order valence-electron chi connectivity index (χ0n) is 14.2. The first-order valence-corrected chi connectivity index (χ1v) is 8.80. The van der Waals surface area contributed by atoms with E-state index in [2.05, 4.69) is 5.32 Å². The van der Waals surface area contributed by atoms with Crippen LogP contribution in [0.3, 0.4) is 0 Å². The Morgan fingerprint density at radius 2 is 2.08 bits per heavy atom. The molecule has 2 aliphatic rings. The Labute approximate surface area is 142 Å². The minimum atomic E-state index is -0.316. The van der Waals surface area contributed by atoms with Gasteiger partial charge in [-0.15, -0.1) is 0 Å².